The molecule has 0 unspecified atom stereocenters. The van der Waals surface area contributed by atoms with Crippen molar-refractivity contribution in [1.29, 1.82) is 0 Å². The van der Waals surface area contributed by atoms with E-state index in [1.54, 1.807) is 0 Å². The first-order chi connectivity index (χ1) is 11.1. The van der Waals surface area contributed by atoms with E-state index in [0.29, 0.717) is 25.9 Å². The zero-order valence-electron chi connectivity index (χ0n) is 12.9. The van der Waals surface area contributed by atoms with Gasteiger partial charge in [0.25, 0.3) is 0 Å². The zero-order valence-corrected chi connectivity index (χ0v) is 12.9. The second-order valence-corrected chi connectivity index (χ2v) is 5.40. The summed E-state index contributed by atoms with van der Waals surface area (Å²) in [5, 5.41) is 14.7. The van der Waals surface area contributed by atoms with Gasteiger partial charge in [-0.25, -0.2) is 0 Å². The Morgan fingerprint density at radius 2 is 1.91 bits per heavy atom. The molecule has 6 nitrogen and oxygen atoms in total. The molecule has 6 N–H and O–H groups in total. The fourth-order valence-corrected chi connectivity index (χ4v) is 2.41. The number of guanidine groups is 1. The zero-order chi connectivity index (χ0) is 16.7. The number of fused-ring (bicyclic) bond motifs is 1. The summed E-state index contributed by atoms with van der Waals surface area (Å²) in [4.78, 5) is 15.2. The van der Waals surface area contributed by atoms with E-state index in [1.807, 2.05) is 30.3 Å². The highest BCUT2D eigenvalue weighted by Crippen LogP contribution is 2.15. The van der Waals surface area contributed by atoms with Gasteiger partial charge in [-0.1, -0.05) is 36.4 Å². The maximum atomic E-state index is 11.3. The summed E-state index contributed by atoms with van der Waals surface area (Å²) in [5.41, 5.74) is 11.5. The van der Waals surface area contributed by atoms with E-state index in [1.165, 1.54) is 5.39 Å². The molecule has 0 aromatic heterocycles. The van der Waals surface area contributed by atoms with Crippen LogP contribution in [0.4, 0.5) is 0 Å². The number of aliphatic carboxylic acids is 1. The Labute approximate surface area is 135 Å². The summed E-state index contributed by atoms with van der Waals surface area (Å²) in [6.45, 7) is 0.938. The number of hydrogen-bond donors (Lipinski definition) is 4. The first-order valence-corrected chi connectivity index (χ1v) is 7.55. The number of nitrogens with zero attached hydrogens (tertiary/aromatic N) is 1. The van der Waals surface area contributed by atoms with Crippen LogP contribution in [0.1, 0.15) is 18.4 Å². The minimum atomic E-state index is -0.865. The first-order valence-electron chi connectivity index (χ1n) is 7.55. The number of carboxylic acid groups (broad SMARTS) is 1. The predicted octanol–water partition coefficient (Wildman–Crippen LogP) is 1.44. The SMILES string of the molecule is NC(N)=NCCC[C@@H](NCc1ccc2ccccc2c1)C(=O)O. The van der Waals surface area contributed by atoms with E-state index in [4.69, 9.17) is 11.5 Å². The number of aliphatic imine (C=N–C) groups is 1. The van der Waals surface area contributed by atoms with Gasteiger partial charge in [-0.3, -0.25) is 9.79 Å². The molecule has 0 aliphatic carbocycles. The van der Waals surface area contributed by atoms with Gasteiger partial charge in [0.15, 0.2) is 5.96 Å². The van der Waals surface area contributed by atoms with Crippen molar-refractivity contribution in [2.45, 2.75) is 25.4 Å². The molecular formula is C17H22N4O2. The third-order valence-corrected chi connectivity index (χ3v) is 3.61. The van der Waals surface area contributed by atoms with Crippen LogP contribution in [0.2, 0.25) is 0 Å². The highest BCUT2D eigenvalue weighted by molar-refractivity contribution is 5.83. The minimum Gasteiger partial charge on any atom is -0.480 e. The second-order valence-electron chi connectivity index (χ2n) is 5.40. The van der Waals surface area contributed by atoms with Gasteiger partial charge in [-0.05, 0) is 35.2 Å². The molecule has 0 bridgehead atoms. The third-order valence-electron chi connectivity index (χ3n) is 3.61. The predicted molar refractivity (Wildman–Crippen MR) is 92.1 cm³/mol. The third kappa shape index (κ3) is 5.27. The summed E-state index contributed by atoms with van der Waals surface area (Å²) < 4.78 is 0. The molecule has 0 spiro atoms. The Hall–Kier alpha value is -2.60. The molecule has 0 saturated heterocycles. The Morgan fingerprint density at radius 3 is 2.61 bits per heavy atom. The van der Waals surface area contributed by atoms with Gasteiger partial charge in [0.05, 0.1) is 0 Å². The van der Waals surface area contributed by atoms with Crippen LogP contribution in [0, 0.1) is 0 Å². The number of carbonyl (C=O) groups is 1. The molecular weight excluding hydrogens is 292 g/mol. The van der Waals surface area contributed by atoms with E-state index in [2.05, 4.69) is 22.4 Å². The van der Waals surface area contributed by atoms with E-state index in [-0.39, 0.29) is 5.96 Å². The molecule has 23 heavy (non-hydrogen) atoms. The van der Waals surface area contributed by atoms with Crippen molar-refractivity contribution in [2.24, 2.45) is 16.5 Å². The fraction of sp³-hybridized carbons (Fsp3) is 0.294. The van der Waals surface area contributed by atoms with Crippen molar-refractivity contribution in [3.8, 4) is 0 Å². The molecule has 1 atom stereocenters. The molecule has 0 heterocycles. The van der Waals surface area contributed by atoms with Crippen molar-refractivity contribution in [3.05, 3.63) is 48.0 Å². The number of nitrogens with two attached hydrogens (primary N) is 2. The van der Waals surface area contributed by atoms with Crippen LogP contribution < -0.4 is 16.8 Å². The average molecular weight is 314 g/mol. The normalized spacial score (nSPS) is 12.0. The average Bonchev–Trinajstić information content (AvgIpc) is 2.53. The molecule has 0 radical (unpaired) electrons. The Morgan fingerprint density at radius 1 is 1.17 bits per heavy atom. The van der Waals surface area contributed by atoms with Gasteiger partial charge in [-0.2, -0.15) is 0 Å². The maximum absolute atomic E-state index is 11.3. The van der Waals surface area contributed by atoms with Crippen LogP contribution in [-0.4, -0.2) is 29.6 Å². The summed E-state index contributed by atoms with van der Waals surface area (Å²) >= 11 is 0. The standard InChI is InChI=1S/C17H22N4O2/c18-17(19)20-9-3-6-15(16(22)23)21-11-12-7-8-13-4-1-2-5-14(13)10-12/h1-2,4-5,7-8,10,15,21H,3,6,9,11H2,(H,22,23)(H4,18,19,20)/t15-/m1/s1. The topological polar surface area (TPSA) is 114 Å². The molecule has 122 valence electrons. The van der Waals surface area contributed by atoms with Gasteiger partial charge < -0.3 is 21.9 Å². The Bertz CT molecular complexity index is 696. The number of benzene rings is 2. The lowest BCUT2D eigenvalue weighted by Crippen LogP contribution is -2.36. The lowest BCUT2D eigenvalue weighted by molar-refractivity contribution is -0.139. The number of hydrogen-bond acceptors (Lipinski definition) is 3. The molecule has 0 saturated carbocycles. The fourth-order valence-electron chi connectivity index (χ4n) is 2.41. The van der Waals surface area contributed by atoms with Crippen LogP contribution >= 0.6 is 0 Å². The van der Waals surface area contributed by atoms with E-state index in [0.717, 1.165) is 10.9 Å². The van der Waals surface area contributed by atoms with Gasteiger partial charge in [-0.15, -0.1) is 0 Å². The molecule has 0 aliphatic rings. The number of nitrogens with one attached hydrogen (secondary N) is 1. The van der Waals surface area contributed by atoms with Crippen LogP contribution in [0.3, 0.4) is 0 Å². The van der Waals surface area contributed by atoms with Gasteiger partial charge in [0.1, 0.15) is 6.04 Å². The summed E-state index contributed by atoms with van der Waals surface area (Å²) in [6.07, 6.45) is 1.08. The van der Waals surface area contributed by atoms with E-state index in [9.17, 15) is 9.90 Å². The summed E-state index contributed by atoms with van der Waals surface area (Å²) in [6, 6.07) is 13.6. The first kappa shape index (κ1) is 16.8. The van der Waals surface area contributed by atoms with Crippen LogP contribution in [0.25, 0.3) is 10.8 Å². The molecule has 0 amide bonds. The molecule has 0 fully saturated rings. The minimum absolute atomic E-state index is 0.0287. The maximum Gasteiger partial charge on any atom is 0.320 e. The summed E-state index contributed by atoms with van der Waals surface area (Å²) in [7, 11) is 0. The lowest BCUT2D eigenvalue weighted by Gasteiger charge is -2.14. The van der Waals surface area contributed by atoms with E-state index < -0.39 is 12.0 Å². The molecule has 0 aliphatic heterocycles. The Kier molecular flexibility index (Phi) is 5.94. The quantitative estimate of drug-likeness (QED) is 0.334. The number of carboxylic acids is 1. The van der Waals surface area contributed by atoms with E-state index >= 15 is 0 Å². The van der Waals surface area contributed by atoms with Crippen LogP contribution in [-0.2, 0) is 11.3 Å². The van der Waals surface area contributed by atoms with Crippen molar-refractivity contribution in [3.63, 3.8) is 0 Å². The van der Waals surface area contributed by atoms with Crippen molar-refractivity contribution >= 4 is 22.7 Å². The molecule has 2 aromatic rings. The number of rotatable bonds is 8. The molecule has 2 rings (SSSR count). The highest BCUT2D eigenvalue weighted by atomic mass is 16.4. The second kappa shape index (κ2) is 8.14. The monoisotopic (exact) mass is 314 g/mol. The van der Waals surface area contributed by atoms with Crippen LogP contribution in [0.5, 0.6) is 0 Å². The smallest absolute Gasteiger partial charge is 0.320 e. The van der Waals surface area contributed by atoms with Gasteiger partial charge >= 0.3 is 5.97 Å². The van der Waals surface area contributed by atoms with Crippen molar-refractivity contribution in [1.82, 2.24) is 5.32 Å². The van der Waals surface area contributed by atoms with Crippen molar-refractivity contribution in [2.75, 3.05) is 6.54 Å². The summed E-state index contributed by atoms with van der Waals surface area (Å²) in [5.74, 6) is -0.837. The van der Waals surface area contributed by atoms with Crippen molar-refractivity contribution < 1.29 is 9.90 Å². The molecule has 2 aromatic carbocycles. The highest BCUT2D eigenvalue weighted by Gasteiger charge is 2.16. The van der Waals surface area contributed by atoms with Crippen LogP contribution in [0.15, 0.2) is 47.5 Å². The lowest BCUT2D eigenvalue weighted by atomic mass is 10.1. The molecule has 6 heteroatoms. The largest absolute Gasteiger partial charge is 0.480 e. The van der Waals surface area contributed by atoms with Gasteiger partial charge in [0, 0.05) is 13.1 Å². The van der Waals surface area contributed by atoms with Gasteiger partial charge in [0.2, 0.25) is 0 Å². The Balaban J connectivity index is 1.91.